The average molecular weight is 227 g/mol. The molecule has 0 fully saturated rings. The molecule has 1 unspecified atom stereocenters. The predicted molar refractivity (Wildman–Crippen MR) is 55.8 cm³/mol. The van der Waals surface area contributed by atoms with Gasteiger partial charge in [0, 0.05) is 12.0 Å². The zero-order chi connectivity index (χ0) is 12.0. The second-order valence-corrected chi connectivity index (χ2v) is 3.15. The zero-order valence-electron chi connectivity index (χ0n) is 8.83. The molecule has 1 aromatic rings. The van der Waals surface area contributed by atoms with E-state index in [1.54, 1.807) is 24.3 Å². The lowest BCUT2D eigenvalue weighted by Crippen LogP contribution is -2.11. The summed E-state index contributed by atoms with van der Waals surface area (Å²) in [6.45, 7) is -0.428. The molecule has 0 aliphatic carbocycles. The molecule has 0 bridgehead atoms. The molecular formula is C10H13NO5. The van der Waals surface area contributed by atoms with Crippen molar-refractivity contribution in [1.82, 2.24) is 0 Å². The van der Waals surface area contributed by atoms with Crippen molar-refractivity contribution in [1.29, 1.82) is 0 Å². The molecule has 0 heterocycles. The third-order valence-electron chi connectivity index (χ3n) is 1.91. The number of nitrogens with zero attached hydrogens (tertiary/aromatic N) is 1. The molecule has 1 aromatic carbocycles. The second kappa shape index (κ2) is 6.04. The Balaban J connectivity index is 2.69. The summed E-state index contributed by atoms with van der Waals surface area (Å²) < 4.78 is 9.87. The summed E-state index contributed by atoms with van der Waals surface area (Å²) in [5.74, 6) is 0.502. The van der Waals surface area contributed by atoms with Crippen molar-refractivity contribution in [3.05, 3.63) is 39.9 Å². The third kappa shape index (κ3) is 3.84. The van der Waals surface area contributed by atoms with Gasteiger partial charge in [-0.15, -0.1) is 0 Å². The largest absolute Gasteiger partial charge is 0.468 e. The first-order chi connectivity index (χ1) is 7.63. The summed E-state index contributed by atoms with van der Waals surface area (Å²) in [5, 5.41) is 19.7. The Labute approximate surface area is 92.6 Å². The molecule has 0 saturated heterocycles. The number of benzene rings is 1. The van der Waals surface area contributed by atoms with Crippen LogP contribution < -0.4 is 4.74 Å². The van der Waals surface area contributed by atoms with Gasteiger partial charge in [0.1, 0.15) is 11.9 Å². The zero-order valence-corrected chi connectivity index (χ0v) is 8.83. The number of methoxy groups -OCH3 is 1. The highest BCUT2D eigenvalue weighted by atomic mass is 16.7. The molecule has 16 heavy (non-hydrogen) atoms. The Bertz CT molecular complexity index is 355. The van der Waals surface area contributed by atoms with Gasteiger partial charge in [0.05, 0.1) is 0 Å². The first kappa shape index (κ1) is 12.4. The fourth-order valence-corrected chi connectivity index (χ4v) is 1.19. The Hall–Kier alpha value is -1.66. The number of aliphatic hydroxyl groups excluding tert-OH is 1. The number of nitro groups is 1. The number of hydrogen-bond acceptors (Lipinski definition) is 5. The Morgan fingerprint density at radius 3 is 2.94 bits per heavy atom. The fraction of sp³-hybridized carbons (Fsp3) is 0.400. The van der Waals surface area contributed by atoms with Crippen molar-refractivity contribution in [2.45, 2.75) is 6.10 Å². The first-order valence-electron chi connectivity index (χ1n) is 4.65. The molecule has 1 atom stereocenters. The smallest absolute Gasteiger partial charge is 0.233 e. The van der Waals surface area contributed by atoms with Gasteiger partial charge in [-0.3, -0.25) is 10.1 Å². The van der Waals surface area contributed by atoms with E-state index in [4.69, 9.17) is 9.47 Å². The van der Waals surface area contributed by atoms with Crippen LogP contribution in [-0.2, 0) is 4.74 Å². The summed E-state index contributed by atoms with van der Waals surface area (Å²) in [6.07, 6.45) is -1.12. The van der Waals surface area contributed by atoms with Crippen molar-refractivity contribution in [3.63, 3.8) is 0 Å². The number of ether oxygens (including phenoxy) is 2. The first-order valence-corrected chi connectivity index (χ1v) is 4.65. The minimum atomic E-state index is -1.12. The van der Waals surface area contributed by atoms with Crippen LogP contribution in [0.5, 0.6) is 5.75 Å². The molecule has 0 saturated carbocycles. The highest BCUT2D eigenvalue weighted by molar-refractivity contribution is 5.29. The third-order valence-corrected chi connectivity index (χ3v) is 1.91. The molecule has 0 aliphatic rings. The summed E-state index contributed by atoms with van der Waals surface area (Å²) in [4.78, 5) is 9.67. The lowest BCUT2D eigenvalue weighted by Gasteiger charge is -2.09. The molecular weight excluding hydrogens is 214 g/mol. The summed E-state index contributed by atoms with van der Waals surface area (Å²) in [5.41, 5.74) is 0.449. The lowest BCUT2D eigenvalue weighted by molar-refractivity contribution is -0.491. The minimum absolute atomic E-state index is 0.0920. The van der Waals surface area contributed by atoms with E-state index in [0.29, 0.717) is 11.3 Å². The molecule has 1 rings (SSSR count). The van der Waals surface area contributed by atoms with Crippen LogP contribution >= 0.6 is 0 Å². The monoisotopic (exact) mass is 227 g/mol. The summed E-state index contributed by atoms with van der Waals surface area (Å²) in [7, 11) is 1.49. The molecule has 1 N–H and O–H groups in total. The number of hydrogen-bond donors (Lipinski definition) is 1. The van der Waals surface area contributed by atoms with Crippen LogP contribution in [-0.4, -0.2) is 30.5 Å². The summed E-state index contributed by atoms with van der Waals surface area (Å²) >= 11 is 0. The molecule has 0 aliphatic heterocycles. The Morgan fingerprint density at radius 2 is 2.31 bits per heavy atom. The maximum atomic E-state index is 10.2. The standard InChI is InChI=1S/C10H13NO5/c1-15-7-16-9-4-2-3-8(5-9)10(12)6-11(13)14/h2-5,10,12H,6-7H2,1H3. The van der Waals surface area contributed by atoms with E-state index in [1.807, 2.05) is 0 Å². The molecule has 0 amide bonds. The van der Waals surface area contributed by atoms with Gasteiger partial charge in [-0.2, -0.15) is 0 Å². The van der Waals surface area contributed by atoms with E-state index >= 15 is 0 Å². The molecule has 6 nitrogen and oxygen atoms in total. The van der Waals surface area contributed by atoms with Crippen LogP contribution in [0, 0.1) is 10.1 Å². The van der Waals surface area contributed by atoms with E-state index in [9.17, 15) is 15.2 Å². The average Bonchev–Trinajstić information content (AvgIpc) is 2.26. The Morgan fingerprint density at radius 1 is 1.56 bits per heavy atom. The SMILES string of the molecule is COCOc1cccc(C(O)C[N+](=O)[O-])c1. The van der Waals surface area contributed by atoms with Gasteiger partial charge < -0.3 is 14.6 Å². The van der Waals surface area contributed by atoms with Gasteiger partial charge in [0.15, 0.2) is 6.79 Å². The van der Waals surface area contributed by atoms with Gasteiger partial charge in [0.25, 0.3) is 0 Å². The van der Waals surface area contributed by atoms with Crippen molar-refractivity contribution in [2.24, 2.45) is 0 Å². The van der Waals surface area contributed by atoms with Gasteiger partial charge in [-0.1, -0.05) is 12.1 Å². The van der Waals surface area contributed by atoms with E-state index in [1.165, 1.54) is 7.11 Å². The van der Waals surface area contributed by atoms with E-state index in [0.717, 1.165) is 0 Å². The van der Waals surface area contributed by atoms with Crippen LogP contribution in [0.15, 0.2) is 24.3 Å². The van der Waals surface area contributed by atoms with Crippen LogP contribution in [0.2, 0.25) is 0 Å². The summed E-state index contributed by atoms with van der Waals surface area (Å²) in [6, 6.07) is 6.49. The fourth-order valence-electron chi connectivity index (χ4n) is 1.19. The van der Waals surface area contributed by atoms with Crippen LogP contribution in [0.3, 0.4) is 0 Å². The van der Waals surface area contributed by atoms with Gasteiger partial charge in [0.2, 0.25) is 6.54 Å². The van der Waals surface area contributed by atoms with Crippen LogP contribution in [0.25, 0.3) is 0 Å². The number of aliphatic hydroxyl groups is 1. The van der Waals surface area contributed by atoms with E-state index < -0.39 is 17.6 Å². The molecule has 0 radical (unpaired) electrons. The van der Waals surface area contributed by atoms with Crippen molar-refractivity contribution in [3.8, 4) is 5.75 Å². The van der Waals surface area contributed by atoms with Crippen molar-refractivity contribution >= 4 is 0 Å². The molecule has 0 aromatic heterocycles. The quantitative estimate of drug-likeness (QED) is 0.445. The highest BCUT2D eigenvalue weighted by Gasteiger charge is 2.14. The number of rotatable bonds is 6. The molecule has 88 valence electrons. The molecule has 6 heteroatoms. The van der Waals surface area contributed by atoms with Gasteiger partial charge in [-0.05, 0) is 17.7 Å². The highest BCUT2D eigenvalue weighted by Crippen LogP contribution is 2.19. The van der Waals surface area contributed by atoms with Crippen molar-refractivity contribution < 1.29 is 19.5 Å². The lowest BCUT2D eigenvalue weighted by atomic mass is 10.1. The normalized spacial score (nSPS) is 12.1. The van der Waals surface area contributed by atoms with Crippen LogP contribution in [0.1, 0.15) is 11.7 Å². The van der Waals surface area contributed by atoms with E-state index in [-0.39, 0.29) is 6.79 Å². The van der Waals surface area contributed by atoms with Crippen molar-refractivity contribution in [2.75, 3.05) is 20.4 Å². The predicted octanol–water partition coefficient (Wildman–Crippen LogP) is 0.979. The van der Waals surface area contributed by atoms with Gasteiger partial charge >= 0.3 is 0 Å². The Kier molecular flexibility index (Phi) is 4.68. The van der Waals surface area contributed by atoms with E-state index in [2.05, 4.69) is 0 Å². The second-order valence-electron chi connectivity index (χ2n) is 3.15. The molecule has 0 spiro atoms. The van der Waals surface area contributed by atoms with Crippen LogP contribution in [0.4, 0.5) is 0 Å². The maximum absolute atomic E-state index is 10.2. The topological polar surface area (TPSA) is 81.8 Å². The maximum Gasteiger partial charge on any atom is 0.233 e. The van der Waals surface area contributed by atoms with Gasteiger partial charge in [-0.25, -0.2) is 0 Å². The minimum Gasteiger partial charge on any atom is -0.468 e.